The lowest BCUT2D eigenvalue weighted by molar-refractivity contribution is -0.161. The van der Waals surface area contributed by atoms with Crippen molar-refractivity contribution in [2.24, 2.45) is 11.8 Å². The van der Waals surface area contributed by atoms with Gasteiger partial charge in [-0.2, -0.15) is 0 Å². The monoisotopic (exact) mass is 1280 g/mol. The van der Waals surface area contributed by atoms with Crippen LogP contribution in [0.3, 0.4) is 0 Å². The van der Waals surface area contributed by atoms with Gasteiger partial charge < -0.3 is 33.8 Å². The molecule has 0 aromatic carbocycles. The van der Waals surface area contributed by atoms with Gasteiger partial charge in [0.25, 0.3) is 0 Å². The average Bonchev–Trinajstić information content (AvgIpc) is 3.71. The first-order chi connectivity index (χ1) is 41.9. The molecule has 0 radical (unpaired) electrons. The van der Waals surface area contributed by atoms with E-state index in [1.807, 2.05) is 0 Å². The molecule has 516 valence electrons. The van der Waals surface area contributed by atoms with Gasteiger partial charge in [0.05, 0.1) is 26.4 Å². The number of rotatable bonds is 67. The summed E-state index contributed by atoms with van der Waals surface area (Å²) in [5, 5.41) is 10.5. The Kier molecular flexibility index (Phi) is 59.0. The van der Waals surface area contributed by atoms with Crippen molar-refractivity contribution in [3.05, 3.63) is 0 Å². The highest BCUT2D eigenvalue weighted by Gasteiger charge is 2.30. The molecule has 17 nitrogen and oxygen atoms in total. The van der Waals surface area contributed by atoms with Crippen molar-refractivity contribution in [2.75, 3.05) is 39.6 Å². The number of ether oxygens (including phenoxy) is 4. The van der Waals surface area contributed by atoms with E-state index in [0.29, 0.717) is 25.7 Å². The normalized spacial score (nSPS) is 14.5. The Bertz CT molecular complexity index is 1700. The molecule has 87 heavy (non-hydrogen) atoms. The first-order valence-electron chi connectivity index (χ1n) is 35.5. The van der Waals surface area contributed by atoms with Gasteiger partial charge in [-0.05, 0) is 37.5 Å². The Balaban J connectivity index is 5.07. The molecule has 19 heteroatoms. The Morgan fingerprint density at radius 2 is 0.586 bits per heavy atom. The van der Waals surface area contributed by atoms with Gasteiger partial charge >= 0.3 is 39.5 Å². The molecule has 0 rings (SSSR count). The summed E-state index contributed by atoms with van der Waals surface area (Å²) in [6.07, 6.45) is 45.0. The van der Waals surface area contributed by atoms with Gasteiger partial charge in [0.15, 0.2) is 12.2 Å². The molecule has 0 bridgehead atoms. The van der Waals surface area contributed by atoms with E-state index in [-0.39, 0.29) is 25.7 Å². The molecule has 0 aliphatic carbocycles. The number of carbonyl (C=O) groups is 4. The van der Waals surface area contributed by atoms with E-state index in [1.54, 1.807) is 0 Å². The fourth-order valence-corrected chi connectivity index (χ4v) is 11.8. The third kappa shape index (κ3) is 61.3. The van der Waals surface area contributed by atoms with Crippen molar-refractivity contribution in [3.8, 4) is 0 Å². The predicted octanol–water partition coefficient (Wildman–Crippen LogP) is 19.2. The molecule has 0 aliphatic heterocycles. The van der Waals surface area contributed by atoms with Crippen LogP contribution in [0.25, 0.3) is 0 Å². The van der Waals surface area contributed by atoms with Gasteiger partial charge in [-0.15, -0.1) is 0 Å². The number of carbonyl (C=O) groups excluding carboxylic acids is 4. The Labute approximate surface area is 530 Å². The topological polar surface area (TPSA) is 237 Å². The van der Waals surface area contributed by atoms with Crippen LogP contribution in [0.5, 0.6) is 0 Å². The van der Waals surface area contributed by atoms with Crippen LogP contribution >= 0.6 is 15.6 Å². The van der Waals surface area contributed by atoms with E-state index in [9.17, 15) is 43.2 Å². The number of esters is 4. The van der Waals surface area contributed by atoms with Crippen molar-refractivity contribution >= 4 is 39.5 Å². The van der Waals surface area contributed by atoms with Crippen molar-refractivity contribution < 1.29 is 80.2 Å². The van der Waals surface area contributed by atoms with E-state index in [2.05, 4.69) is 41.5 Å². The summed E-state index contributed by atoms with van der Waals surface area (Å²) < 4.78 is 67.9. The number of unbranched alkanes of at least 4 members (excludes halogenated alkanes) is 36. The molecule has 3 N–H and O–H groups in total. The summed E-state index contributed by atoms with van der Waals surface area (Å²) in [5.74, 6) is -0.545. The van der Waals surface area contributed by atoms with Gasteiger partial charge in [0.2, 0.25) is 0 Å². The van der Waals surface area contributed by atoms with E-state index >= 15 is 0 Å². The van der Waals surface area contributed by atoms with Crippen molar-refractivity contribution in [3.63, 3.8) is 0 Å². The number of aliphatic hydroxyl groups excluding tert-OH is 1. The summed E-state index contributed by atoms with van der Waals surface area (Å²) in [6.45, 7) is 9.45. The van der Waals surface area contributed by atoms with Crippen molar-refractivity contribution in [2.45, 2.75) is 362 Å². The number of phosphoric acid groups is 2. The fraction of sp³-hybridized carbons (Fsp3) is 0.941. The SMILES string of the molecule is CCCCCCCCCCCC(=O)O[C@H](COC(=O)CCCCCCC)COP(=O)(O)OC[C@H](O)COP(=O)(O)OC[C@@H](COC(=O)CCCCCCCCCCC(C)C)OC(=O)CCCCCCCCCCCCCCCCCCCCC(C)CC. The second-order valence-corrected chi connectivity index (χ2v) is 28.2. The molecular weight excluding hydrogens is 1150 g/mol. The van der Waals surface area contributed by atoms with Gasteiger partial charge in [0.1, 0.15) is 19.3 Å². The molecule has 0 aliphatic rings. The van der Waals surface area contributed by atoms with Gasteiger partial charge in [-0.3, -0.25) is 37.3 Å². The average molecular weight is 1280 g/mol. The van der Waals surface area contributed by atoms with Crippen LogP contribution < -0.4 is 0 Å². The van der Waals surface area contributed by atoms with Crippen LogP contribution in [0.2, 0.25) is 0 Å². The first-order valence-corrected chi connectivity index (χ1v) is 38.5. The Hall–Kier alpha value is -1.94. The first kappa shape index (κ1) is 85.1. The van der Waals surface area contributed by atoms with Crippen molar-refractivity contribution in [1.82, 2.24) is 0 Å². The van der Waals surface area contributed by atoms with Gasteiger partial charge in [-0.1, -0.05) is 292 Å². The molecular formula is C68H132O17P2. The van der Waals surface area contributed by atoms with Crippen LogP contribution in [0.1, 0.15) is 343 Å². The lowest BCUT2D eigenvalue weighted by atomic mass is 9.99. The standard InChI is InChI=1S/C68H132O17P2/c1-7-10-12-14-15-26-34-40-46-52-67(72)84-63(56-78-65(70)50-44-36-13-11-8-2)58-82-86(74,75)80-54-62(69)55-81-87(76,77)83-59-64(57-79-66(71)51-45-39-33-30-29-31-37-42-48-60(4)5)85-68(73)53-47-41-35-28-25-23-21-19-17-16-18-20-22-24-27-32-38-43-49-61(6)9-3/h60-64,69H,7-59H2,1-6H3,(H,74,75)(H,76,77)/t61?,62-,63+,64+/m0/s1. The van der Waals surface area contributed by atoms with E-state index in [0.717, 1.165) is 108 Å². The second kappa shape index (κ2) is 60.3. The minimum Gasteiger partial charge on any atom is -0.462 e. The van der Waals surface area contributed by atoms with Crippen LogP contribution in [0.4, 0.5) is 0 Å². The predicted molar refractivity (Wildman–Crippen MR) is 349 cm³/mol. The Morgan fingerprint density at radius 3 is 0.874 bits per heavy atom. The highest BCUT2D eigenvalue weighted by Crippen LogP contribution is 2.45. The maximum atomic E-state index is 13.0. The number of hydrogen-bond donors (Lipinski definition) is 3. The van der Waals surface area contributed by atoms with Gasteiger partial charge in [-0.25, -0.2) is 9.13 Å². The number of phosphoric ester groups is 2. The van der Waals surface area contributed by atoms with Gasteiger partial charge in [0, 0.05) is 25.7 Å². The molecule has 0 spiro atoms. The summed E-state index contributed by atoms with van der Waals surface area (Å²) >= 11 is 0. The van der Waals surface area contributed by atoms with Crippen LogP contribution in [-0.2, 0) is 65.4 Å². The summed E-state index contributed by atoms with van der Waals surface area (Å²) in [5.41, 5.74) is 0. The zero-order valence-corrected chi connectivity index (χ0v) is 58.1. The maximum absolute atomic E-state index is 13.0. The number of aliphatic hydroxyl groups is 1. The van der Waals surface area contributed by atoms with E-state index in [4.69, 9.17) is 37.0 Å². The van der Waals surface area contributed by atoms with E-state index < -0.39 is 97.5 Å². The van der Waals surface area contributed by atoms with Crippen LogP contribution in [0.15, 0.2) is 0 Å². The molecule has 0 aromatic heterocycles. The molecule has 3 unspecified atom stereocenters. The summed E-state index contributed by atoms with van der Waals surface area (Å²) in [7, 11) is -9.88. The molecule has 0 amide bonds. The Morgan fingerprint density at radius 1 is 0.333 bits per heavy atom. The minimum atomic E-state index is -4.95. The molecule has 0 aromatic rings. The zero-order chi connectivity index (χ0) is 64.3. The minimum absolute atomic E-state index is 0.105. The molecule has 0 heterocycles. The lowest BCUT2D eigenvalue weighted by Crippen LogP contribution is -2.30. The number of hydrogen-bond acceptors (Lipinski definition) is 15. The fourth-order valence-electron chi connectivity index (χ4n) is 10.2. The zero-order valence-electron chi connectivity index (χ0n) is 56.3. The summed E-state index contributed by atoms with van der Waals surface area (Å²) in [4.78, 5) is 72.0. The highest BCUT2D eigenvalue weighted by molar-refractivity contribution is 7.47. The largest absolute Gasteiger partial charge is 0.472 e. The van der Waals surface area contributed by atoms with Crippen LogP contribution in [-0.4, -0.2) is 96.7 Å². The maximum Gasteiger partial charge on any atom is 0.472 e. The van der Waals surface area contributed by atoms with Crippen molar-refractivity contribution in [1.29, 1.82) is 0 Å². The summed E-state index contributed by atoms with van der Waals surface area (Å²) in [6, 6.07) is 0. The molecule has 0 saturated heterocycles. The highest BCUT2D eigenvalue weighted by atomic mass is 31.2. The lowest BCUT2D eigenvalue weighted by Gasteiger charge is -2.21. The van der Waals surface area contributed by atoms with Crippen LogP contribution in [0, 0.1) is 11.8 Å². The quantitative estimate of drug-likeness (QED) is 0.0222. The smallest absolute Gasteiger partial charge is 0.462 e. The third-order valence-electron chi connectivity index (χ3n) is 16.1. The van der Waals surface area contributed by atoms with E-state index in [1.165, 1.54) is 154 Å². The molecule has 0 fully saturated rings. The molecule has 0 saturated carbocycles. The second-order valence-electron chi connectivity index (χ2n) is 25.3. The molecule has 6 atom stereocenters. The third-order valence-corrected chi connectivity index (χ3v) is 18.0.